The maximum atomic E-state index is 13.5. The van der Waals surface area contributed by atoms with Crippen molar-refractivity contribution in [3.05, 3.63) is 60.2 Å². The van der Waals surface area contributed by atoms with Gasteiger partial charge in [-0.1, -0.05) is 30.3 Å². The number of carbonyl (C=O) groups is 2. The second-order valence-electron chi connectivity index (χ2n) is 7.22. The summed E-state index contributed by atoms with van der Waals surface area (Å²) >= 11 is 1.84. The summed E-state index contributed by atoms with van der Waals surface area (Å²) in [7, 11) is 1.61. The number of thioether (sulfide) groups is 1. The molecule has 0 bridgehead atoms. The molecule has 2 saturated heterocycles. The van der Waals surface area contributed by atoms with E-state index in [9.17, 15) is 9.59 Å². The Morgan fingerprint density at radius 3 is 2.39 bits per heavy atom. The second kappa shape index (κ2) is 7.87. The van der Waals surface area contributed by atoms with Gasteiger partial charge in [0.25, 0.3) is 0 Å². The summed E-state index contributed by atoms with van der Waals surface area (Å²) in [4.78, 5) is 28.0. The van der Waals surface area contributed by atoms with Gasteiger partial charge in [0, 0.05) is 5.69 Å². The number of carbonyl (C=O) groups excluding carboxylic acids is 2. The number of amides is 2. The van der Waals surface area contributed by atoms with Gasteiger partial charge in [-0.15, -0.1) is 0 Å². The van der Waals surface area contributed by atoms with Crippen LogP contribution in [-0.2, 0) is 9.59 Å². The Labute approximate surface area is 169 Å². The van der Waals surface area contributed by atoms with Crippen LogP contribution in [-0.4, -0.2) is 40.9 Å². The van der Waals surface area contributed by atoms with E-state index < -0.39 is 5.54 Å². The fraction of sp³-hybridized carbons (Fsp3) is 0.364. The molecule has 5 nitrogen and oxygen atoms in total. The smallest absolute Gasteiger partial charge is 0.250 e. The first-order valence-corrected chi connectivity index (χ1v) is 10.7. The largest absolute Gasteiger partial charge is 0.497 e. The SMILES string of the molecule is COc1ccc(NC(=O)C2(N3C(=O)CC3c3ccccc3)CCSCC2)cc1. The lowest BCUT2D eigenvalue weighted by Gasteiger charge is -2.53. The topological polar surface area (TPSA) is 58.6 Å². The van der Waals surface area contributed by atoms with Gasteiger partial charge in [0.1, 0.15) is 11.3 Å². The van der Waals surface area contributed by atoms with Gasteiger partial charge < -0.3 is 15.0 Å². The molecule has 28 heavy (non-hydrogen) atoms. The molecule has 0 aliphatic carbocycles. The van der Waals surface area contributed by atoms with E-state index in [0.717, 1.165) is 22.8 Å². The third-order valence-electron chi connectivity index (χ3n) is 5.68. The fourth-order valence-corrected chi connectivity index (χ4v) is 5.27. The molecule has 146 valence electrons. The molecule has 6 heteroatoms. The van der Waals surface area contributed by atoms with E-state index in [4.69, 9.17) is 4.74 Å². The van der Waals surface area contributed by atoms with Crippen LogP contribution in [0, 0.1) is 0 Å². The molecule has 2 aliphatic rings. The maximum absolute atomic E-state index is 13.5. The quantitative estimate of drug-likeness (QED) is 0.780. The van der Waals surface area contributed by atoms with E-state index in [1.807, 2.05) is 71.3 Å². The average molecular weight is 397 g/mol. The van der Waals surface area contributed by atoms with Gasteiger partial charge in [0.15, 0.2) is 0 Å². The lowest BCUT2D eigenvalue weighted by molar-refractivity contribution is -0.164. The van der Waals surface area contributed by atoms with Crippen LogP contribution in [0.5, 0.6) is 5.75 Å². The van der Waals surface area contributed by atoms with Crippen molar-refractivity contribution in [3.63, 3.8) is 0 Å². The molecule has 0 aromatic heterocycles. The highest BCUT2D eigenvalue weighted by Gasteiger charge is 2.54. The second-order valence-corrected chi connectivity index (χ2v) is 8.45. The van der Waals surface area contributed by atoms with Crippen LogP contribution in [0.25, 0.3) is 0 Å². The van der Waals surface area contributed by atoms with E-state index in [-0.39, 0.29) is 17.9 Å². The fourth-order valence-electron chi connectivity index (χ4n) is 4.10. The first-order chi connectivity index (χ1) is 13.6. The first kappa shape index (κ1) is 18.9. The Bertz CT molecular complexity index is 848. The summed E-state index contributed by atoms with van der Waals surface area (Å²) in [6, 6.07) is 17.3. The van der Waals surface area contributed by atoms with E-state index >= 15 is 0 Å². The zero-order chi connectivity index (χ0) is 19.6. The molecule has 2 fully saturated rings. The number of nitrogens with zero attached hydrogens (tertiary/aromatic N) is 1. The molecule has 2 amide bonds. The molecule has 4 rings (SSSR count). The van der Waals surface area contributed by atoms with E-state index in [0.29, 0.717) is 24.9 Å². The molecule has 2 aromatic carbocycles. The Kier molecular flexibility index (Phi) is 5.31. The number of rotatable bonds is 5. The lowest BCUT2D eigenvalue weighted by atomic mass is 9.80. The van der Waals surface area contributed by atoms with Crippen molar-refractivity contribution < 1.29 is 14.3 Å². The molecule has 0 spiro atoms. The van der Waals surface area contributed by atoms with Crippen molar-refractivity contribution in [1.82, 2.24) is 4.90 Å². The standard InChI is InChI=1S/C22H24N2O3S/c1-27-18-9-7-17(8-10-18)23-21(26)22(11-13-28-14-12-22)24-19(15-20(24)25)16-5-3-2-4-6-16/h2-10,19H,11-15H2,1H3,(H,23,26). The maximum Gasteiger partial charge on any atom is 0.250 e. The summed E-state index contributed by atoms with van der Waals surface area (Å²) in [5, 5.41) is 3.05. The van der Waals surface area contributed by atoms with Crippen molar-refractivity contribution in [2.45, 2.75) is 30.8 Å². The van der Waals surface area contributed by atoms with Crippen molar-refractivity contribution in [2.75, 3.05) is 23.9 Å². The molecule has 1 unspecified atom stereocenters. The summed E-state index contributed by atoms with van der Waals surface area (Å²) in [5.74, 6) is 2.46. The summed E-state index contributed by atoms with van der Waals surface area (Å²) < 4.78 is 5.18. The zero-order valence-electron chi connectivity index (χ0n) is 15.9. The predicted octanol–water partition coefficient (Wildman–Crippen LogP) is 3.87. The Morgan fingerprint density at radius 2 is 1.79 bits per heavy atom. The minimum Gasteiger partial charge on any atom is -0.497 e. The van der Waals surface area contributed by atoms with Crippen LogP contribution in [0.4, 0.5) is 5.69 Å². The van der Waals surface area contributed by atoms with Gasteiger partial charge in [-0.2, -0.15) is 11.8 Å². The van der Waals surface area contributed by atoms with Crippen molar-refractivity contribution in [1.29, 1.82) is 0 Å². The number of β-lactam (4-membered cyclic amide) rings is 1. The van der Waals surface area contributed by atoms with Crippen LogP contribution in [0.15, 0.2) is 54.6 Å². The molecule has 2 aromatic rings. The third kappa shape index (κ3) is 3.37. The number of anilines is 1. The molecule has 1 N–H and O–H groups in total. The van der Waals surface area contributed by atoms with Crippen molar-refractivity contribution in [2.24, 2.45) is 0 Å². The minimum atomic E-state index is -0.791. The van der Waals surface area contributed by atoms with Gasteiger partial charge in [-0.3, -0.25) is 9.59 Å². The Balaban J connectivity index is 1.62. The summed E-state index contributed by atoms with van der Waals surface area (Å²) in [5.41, 5.74) is 1.02. The molecule has 1 atom stereocenters. The molecule has 0 radical (unpaired) electrons. The van der Waals surface area contributed by atoms with Crippen LogP contribution in [0.1, 0.15) is 30.9 Å². The number of nitrogens with one attached hydrogen (secondary N) is 1. The van der Waals surface area contributed by atoms with E-state index in [1.165, 1.54) is 0 Å². The molecule has 2 heterocycles. The first-order valence-electron chi connectivity index (χ1n) is 9.54. The number of hydrogen-bond donors (Lipinski definition) is 1. The normalized spacial score (nSPS) is 21.0. The number of likely N-dealkylation sites (tertiary alicyclic amines) is 1. The highest BCUT2D eigenvalue weighted by atomic mass is 32.2. The number of hydrogen-bond acceptors (Lipinski definition) is 4. The Hall–Kier alpha value is -2.47. The van der Waals surface area contributed by atoms with E-state index in [2.05, 4.69) is 5.32 Å². The van der Waals surface area contributed by atoms with Crippen molar-refractivity contribution in [3.8, 4) is 5.75 Å². The Morgan fingerprint density at radius 1 is 1.11 bits per heavy atom. The van der Waals surface area contributed by atoms with Gasteiger partial charge in [-0.25, -0.2) is 0 Å². The average Bonchev–Trinajstić information content (AvgIpc) is 2.73. The zero-order valence-corrected chi connectivity index (χ0v) is 16.7. The van der Waals surface area contributed by atoms with Crippen molar-refractivity contribution >= 4 is 29.3 Å². The summed E-state index contributed by atoms with van der Waals surface area (Å²) in [6.45, 7) is 0. The monoisotopic (exact) mass is 396 g/mol. The van der Waals surface area contributed by atoms with Crippen LogP contribution in [0.2, 0.25) is 0 Å². The predicted molar refractivity (Wildman–Crippen MR) is 112 cm³/mol. The molecule has 2 aliphatic heterocycles. The van der Waals surface area contributed by atoms with Crippen LogP contribution in [0.3, 0.4) is 0 Å². The molecular formula is C22H24N2O3S. The van der Waals surface area contributed by atoms with Gasteiger partial charge in [-0.05, 0) is 54.2 Å². The lowest BCUT2D eigenvalue weighted by Crippen LogP contribution is -2.66. The van der Waals surface area contributed by atoms with Crippen LogP contribution >= 0.6 is 11.8 Å². The number of benzene rings is 2. The number of ether oxygens (including phenoxy) is 1. The highest BCUT2D eigenvalue weighted by molar-refractivity contribution is 7.99. The molecular weight excluding hydrogens is 372 g/mol. The minimum absolute atomic E-state index is 0.0292. The van der Waals surface area contributed by atoms with Gasteiger partial charge in [0.05, 0.1) is 19.6 Å². The third-order valence-corrected chi connectivity index (χ3v) is 6.67. The van der Waals surface area contributed by atoms with Gasteiger partial charge >= 0.3 is 0 Å². The summed E-state index contributed by atoms with van der Waals surface area (Å²) in [6.07, 6.45) is 1.82. The van der Waals surface area contributed by atoms with Gasteiger partial charge in [0.2, 0.25) is 11.8 Å². The van der Waals surface area contributed by atoms with E-state index in [1.54, 1.807) is 7.11 Å². The number of methoxy groups -OCH3 is 1. The molecule has 0 saturated carbocycles. The highest BCUT2D eigenvalue weighted by Crippen LogP contribution is 2.46. The van der Waals surface area contributed by atoms with Crippen LogP contribution < -0.4 is 10.1 Å².